The van der Waals surface area contributed by atoms with Crippen molar-refractivity contribution in [3.05, 3.63) is 106 Å². The Morgan fingerprint density at radius 3 is 2.36 bits per heavy atom. The largest absolute Gasteiger partial charge is 0.370 e. The highest BCUT2D eigenvalue weighted by Crippen LogP contribution is 2.45. The molecule has 218 valence electrons. The summed E-state index contributed by atoms with van der Waals surface area (Å²) in [4.78, 5) is 9.44. The summed E-state index contributed by atoms with van der Waals surface area (Å²) in [6.45, 7) is 15.4. The quantitative estimate of drug-likeness (QED) is 0.234. The number of nitrogens with zero attached hydrogens (tertiary/aromatic N) is 4. The van der Waals surface area contributed by atoms with Crippen LogP contribution in [0.3, 0.4) is 0 Å². The minimum absolute atomic E-state index is 0.102. The van der Waals surface area contributed by atoms with Crippen LogP contribution in [0.25, 0.3) is 5.69 Å². The maximum atomic E-state index is 7.06. The highest BCUT2D eigenvalue weighted by molar-refractivity contribution is 7.80. The molecule has 7 heteroatoms. The van der Waals surface area contributed by atoms with Gasteiger partial charge >= 0.3 is 0 Å². The van der Waals surface area contributed by atoms with Crippen LogP contribution < -0.4 is 15.1 Å². The number of nitrogens with one attached hydrogen (secondary N) is 1. The molecule has 4 aromatic rings. The highest BCUT2D eigenvalue weighted by Gasteiger charge is 2.42. The van der Waals surface area contributed by atoms with Crippen molar-refractivity contribution in [3.8, 4) is 5.69 Å². The van der Waals surface area contributed by atoms with E-state index in [9.17, 15) is 0 Å². The molecule has 2 saturated heterocycles. The summed E-state index contributed by atoms with van der Waals surface area (Å²) in [5.41, 5.74) is 10.4. The Balaban J connectivity index is 1.45. The van der Waals surface area contributed by atoms with E-state index in [-0.39, 0.29) is 12.1 Å². The van der Waals surface area contributed by atoms with Crippen LogP contribution in [0.2, 0.25) is 5.02 Å². The predicted molar refractivity (Wildman–Crippen MR) is 179 cm³/mol. The number of piperidine rings is 1. The first-order valence-corrected chi connectivity index (χ1v) is 15.7. The summed E-state index contributed by atoms with van der Waals surface area (Å²) in [6.07, 6.45) is 3.11. The number of benzene rings is 2. The van der Waals surface area contributed by atoms with Crippen molar-refractivity contribution in [2.45, 2.75) is 60.0 Å². The topological polar surface area (TPSA) is 36.3 Å². The van der Waals surface area contributed by atoms with Gasteiger partial charge in [0.2, 0.25) is 0 Å². The number of pyridine rings is 1. The number of thiocarbonyl (C=S) groups is 1. The summed E-state index contributed by atoms with van der Waals surface area (Å²) in [5, 5.41) is 5.06. The number of anilines is 2. The van der Waals surface area contributed by atoms with E-state index in [1.807, 2.05) is 18.3 Å². The maximum Gasteiger partial charge on any atom is 0.174 e. The second-order valence-electron chi connectivity index (χ2n) is 12.4. The van der Waals surface area contributed by atoms with Crippen LogP contribution in [-0.2, 0) is 0 Å². The van der Waals surface area contributed by atoms with Gasteiger partial charge in [0.15, 0.2) is 5.11 Å². The van der Waals surface area contributed by atoms with Gasteiger partial charge in [0.05, 0.1) is 28.5 Å². The number of rotatable bonds is 5. The lowest BCUT2D eigenvalue weighted by Crippen LogP contribution is -2.38. The van der Waals surface area contributed by atoms with E-state index in [0.29, 0.717) is 16.9 Å². The minimum Gasteiger partial charge on any atom is -0.370 e. The van der Waals surface area contributed by atoms with Crippen molar-refractivity contribution in [2.24, 2.45) is 11.8 Å². The van der Waals surface area contributed by atoms with E-state index in [4.69, 9.17) is 28.8 Å². The monoisotopic (exact) mass is 597 g/mol. The van der Waals surface area contributed by atoms with Gasteiger partial charge in [-0.15, -0.1) is 0 Å². The molecule has 2 aromatic heterocycles. The molecule has 4 heterocycles. The first kappa shape index (κ1) is 28.8. The predicted octanol–water partition coefficient (Wildman–Crippen LogP) is 8.42. The van der Waals surface area contributed by atoms with E-state index in [0.717, 1.165) is 35.2 Å². The van der Waals surface area contributed by atoms with E-state index in [1.165, 1.54) is 40.2 Å². The second-order valence-corrected chi connectivity index (χ2v) is 13.2. The summed E-state index contributed by atoms with van der Waals surface area (Å²) < 4.78 is 2.38. The number of aromatic nitrogens is 2. The summed E-state index contributed by atoms with van der Waals surface area (Å²) in [6, 6.07) is 21.3. The fraction of sp³-hybridized carbons (Fsp3) is 0.371. The van der Waals surface area contributed by atoms with Crippen molar-refractivity contribution in [1.29, 1.82) is 0 Å². The molecule has 0 bridgehead atoms. The van der Waals surface area contributed by atoms with Gasteiger partial charge in [-0.05, 0) is 117 Å². The van der Waals surface area contributed by atoms with Crippen LogP contribution in [0.15, 0.2) is 66.9 Å². The molecule has 6 rings (SSSR count). The Morgan fingerprint density at radius 1 is 0.905 bits per heavy atom. The van der Waals surface area contributed by atoms with Crippen LogP contribution in [-0.4, -0.2) is 27.8 Å². The molecule has 0 saturated carbocycles. The lowest BCUT2D eigenvalue weighted by molar-refractivity contribution is 0.357. The Bertz CT molecular complexity index is 1620. The molecule has 2 aliphatic heterocycles. The molecule has 0 spiro atoms. The summed E-state index contributed by atoms with van der Waals surface area (Å²) in [7, 11) is 0. The maximum absolute atomic E-state index is 7.06. The van der Waals surface area contributed by atoms with Gasteiger partial charge in [0, 0.05) is 42.0 Å². The van der Waals surface area contributed by atoms with Gasteiger partial charge < -0.3 is 19.7 Å². The molecule has 2 fully saturated rings. The number of halogens is 1. The third-order valence-corrected chi connectivity index (χ3v) is 9.53. The van der Waals surface area contributed by atoms with Crippen LogP contribution >= 0.6 is 23.8 Å². The lowest BCUT2D eigenvalue weighted by Gasteiger charge is -2.37. The molecule has 2 aromatic carbocycles. The molecular weight excluding hydrogens is 558 g/mol. The zero-order valence-electron chi connectivity index (χ0n) is 25.4. The summed E-state index contributed by atoms with van der Waals surface area (Å²) >= 11 is 13.1. The molecular formula is C35H40ClN5S. The zero-order valence-corrected chi connectivity index (χ0v) is 26.9. The fourth-order valence-electron chi connectivity index (χ4n) is 7.13. The molecule has 2 aliphatic rings. The Kier molecular flexibility index (Phi) is 7.79. The van der Waals surface area contributed by atoms with Crippen molar-refractivity contribution >= 4 is 40.3 Å². The number of hydrogen-bond donors (Lipinski definition) is 1. The van der Waals surface area contributed by atoms with Gasteiger partial charge in [0.25, 0.3) is 0 Å². The lowest BCUT2D eigenvalue weighted by atomic mass is 9.91. The normalized spacial score (nSPS) is 22.5. The first-order chi connectivity index (χ1) is 20.1. The number of aryl methyl sites for hydroxylation is 3. The molecule has 0 amide bonds. The average Bonchev–Trinajstić information content (AvgIpc) is 3.44. The van der Waals surface area contributed by atoms with E-state index >= 15 is 0 Å². The standard InChI is InChI=1S/C35H40ClN5S/c1-21-10-11-24(4)32(16-21)40-25(5)17-28(26(40)6)34-33(30-9-7-8-14-37-30)38-35(42)41(34)27-12-13-31(29(36)18-27)39-19-22(2)15-23(3)20-39/h7-14,16-18,22-23,33-34H,15,19-20H2,1-6H3,(H,38,42)/t22-,23+,33-,34+/m1/s1. The molecule has 0 aliphatic carbocycles. The fourth-order valence-corrected chi connectivity index (χ4v) is 7.77. The molecule has 0 radical (unpaired) electrons. The molecule has 5 nitrogen and oxygen atoms in total. The van der Waals surface area contributed by atoms with Crippen LogP contribution in [0, 0.1) is 39.5 Å². The van der Waals surface area contributed by atoms with Crippen molar-refractivity contribution in [3.63, 3.8) is 0 Å². The van der Waals surface area contributed by atoms with E-state index in [2.05, 4.69) is 110 Å². The average molecular weight is 598 g/mol. The summed E-state index contributed by atoms with van der Waals surface area (Å²) in [5.74, 6) is 1.30. The number of hydrogen-bond acceptors (Lipinski definition) is 3. The van der Waals surface area contributed by atoms with Crippen molar-refractivity contribution in [1.82, 2.24) is 14.9 Å². The Labute approximate surface area is 260 Å². The molecule has 4 atom stereocenters. The van der Waals surface area contributed by atoms with Gasteiger partial charge in [0.1, 0.15) is 0 Å². The smallest absolute Gasteiger partial charge is 0.174 e. The molecule has 1 N–H and O–H groups in total. The van der Waals surface area contributed by atoms with Gasteiger partial charge in [-0.1, -0.05) is 43.6 Å². The third kappa shape index (κ3) is 5.20. The SMILES string of the molecule is Cc1ccc(C)c(-n2c(C)cc([C@H]3[C@@H](c4ccccn4)NC(=S)N3c3ccc(N4C[C@H](C)C[C@H](C)C4)c(Cl)c3)c2C)c1. The first-order valence-electron chi connectivity index (χ1n) is 14.9. The van der Waals surface area contributed by atoms with Crippen LogP contribution in [0.4, 0.5) is 11.4 Å². The Morgan fingerprint density at radius 2 is 1.67 bits per heavy atom. The van der Waals surface area contributed by atoms with Gasteiger partial charge in [-0.3, -0.25) is 4.98 Å². The van der Waals surface area contributed by atoms with Crippen LogP contribution in [0.1, 0.15) is 66.1 Å². The van der Waals surface area contributed by atoms with Gasteiger partial charge in [-0.25, -0.2) is 0 Å². The minimum atomic E-state index is -0.117. The van der Waals surface area contributed by atoms with E-state index < -0.39 is 0 Å². The van der Waals surface area contributed by atoms with Crippen LogP contribution in [0.5, 0.6) is 0 Å². The van der Waals surface area contributed by atoms with E-state index in [1.54, 1.807) is 0 Å². The van der Waals surface area contributed by atoms with Gasteiger partial charge in [-0.2, -0.15) is 0 Å². The molecule has 42 heavy (non-hydrogen) atoms. The molecule has 0 unspecified atom stereocenters. The third-order valence-electron chi connectivity index (χ3n) is 8.91. The van der Waals surface area contributed by atoms with Crippen molar-refractivity contribution in [2.75, 3.05) is 22.9 Å². The second kappa shape index (κ2) is 11.4. The van der Waals surface area contributed by atoms with Crippen molar-refractivity contribution < 1.29 is 0 Å². The highest BCUT2D eigenvalue weighted by atomic mass is 35.5. The Hall–Kier alpha value is -3.35. The zero-order chi connectivity index (χ0) is 29.7.